The summed E-state index contributed by atoms with van der Waals surface area (Å²) in [6.07, 6.45) is 3.04. The molecule has 10 heteroatoms. The van der Waals surface area contributed by atoms with Crippen LogP contribution in [0.2, 0.25) is 0 Å². The van der Waals surface area contributed by atoms with Gasteiger partial charge < -0.3 is 14.8 Å². The molecule has 3 heterocycles. The minimum atomic E-state index is -0.429. The van der Waals surface area contributed by atoms with Crippen molar-refractivity contribution >= 4 is 28.5 Å². The third-order valence-corrected chi connectivity index (χ3v) is 6.30. The van der Waals surface area contributed by atoms with Crippen LogP contribution in [0.1, 0.15) is 49.3 Å². The Morgan fingerprint density at radius 2 is 1.93 bits per heavy atom. The molecule has 2 aromatic carbocycles. The predicted molar refractivity (Wildman–Crippen MR) is 149 cm³/mol. The molecule has 3 aromatic heterocycles. The van der Waals surface area contributed by atoms with Crippen LogP contribution >= 0.6 is 0 Å². The molecule has 0 radical (unpaired) electrons. The second kappa shape index (κ2) is 10.6. The van der Waals surface area contributed by atoms with Gasteiger partial charge in [0.25, 0.3) is 5.89 Å². The summed E-state index contributed by atoms with van der Waals surface area (Å²) in [5.74, 6) is -0.142. The first kappa shape index (κ1) is 26.6. The van der Waals surface area contributed by atoms with Gasteiger partial charge in [0, 0.05) is 34.8 Å². The van der Waals surface area contributed by atoms with Gasteiger partial charge in [0.05, 0.1) is 5.52 Å². The molecule has 5 aromatic rings. The number of imidazole rings is 1. The van der Waals surface area contributed by atoms with Gasteiger partial charge in [-0.05, 0) is 47.9 Å². The molecule has 0 unspecified atom stereocenters. The molecule has 0 aliphatic carbocycles. The van der Waals surface area contributed by atoms with E-state index in [0.717, 1.165) is 11.1 Å². The van der Waals surface area contributed by atoms with E-state index in [1.54, 1.807) is 42.6 Å². The number of ketones is 1. The summed E-state index contributed by atoms with van der Waals surface area (Å²) < 4.78 is 20.3. The Morgan fingerprint density at radius 3 is 2.65 bits per heavy atom. The normalized spacial score (nSPS) is 11.5. The van der Waals surface area contributed by atoms with Crippen LogP contribution < -0.4 is 5.32 Å². The number of nitrogens with zero attached hydrogens (tertiary/aromatic N) is 4. The number of aryl methyl sites for hydroxylation is 1. The first-order valence-corrected chi connectivity index (χ1v) is 12.7. The average molecular weight is 539 g/mol. The van der Waals surface area contributed by atoms with E-state index >= 15 is 4.39 Å². The number of carbonyl (C=O) groups excluding carboxylic acids is 2. The lowest BCUT2D eigenvalue weighted by Gasteiger charge is -2.10. The zero-order chi connectivity index (χ0) is 28.4. The maximum atomic E-state index is 15.2. The fourth-order valence-electron chi connectivity index (χ4n) is 4.14. The predicted octanol–water partition coefficient (Wildman–Crippen LogP) is 6.05. The summed E-state index contributed by atoms with van der Waals surface area (Å²) in [5.41, 5.74) is 3.88. The Bertz CT molecular complexity index is 1750. The van der Waals surface area contributed by atoms with Gasteiger partial charge in [-0.3, -0.25) is 9.59 Å². The lowest BCUT2D eigenvalue weighted by Crippen LogP contribution is -2.13. The zero-order valence-electron chi connectivity index (χ0n) is 22.3. The first-order valence-electron chi connectivity index (χ1n) is 12.7. The second-order valence-corrected chi connectivity index (χ2v) is 10.3. The Balaban J connectivity index is 1.36. The molecule has 5 rings (SSSR count). The van der Waals surface area contributed by atoms with E-state index in [1.165, 1.54) is 12.1 Å². The number of hydrogen-bond donors (Lipinski definition) is 2. The topological polar surface area (TPSA) is 127 Å². The summed E-state index contributed by atoms with van der Waals surface area (Å²) in [4.78, 5) is 40.6. The van der Waals surface area contributed by atoms with Crippen molar-refractivity contribution in [2.24, 2.45) is 0 Å². The summed E-state index contributed by atoms with van der Waals surface area (Å²) >= 11 is 0. The number of Topliss-reactive ketones (excluding diaryl/α,β-unsaturated/α-hetero) is 1. The highest BCUT2D eigenvalue weighted by Crippen LogP contribution is 2.30. The van der Waals surface area contributed by atoms with Gasteiger partial charge in [-0.15, -0.1) is 0 Å². The summed E-state index contributed by atoms with van der Waals surface area (Å²) in [5, 5.41) is 6.61. The molecule has 0 spiro atoms. The molecule has 0 saturated carbocycles. The monoisotopic (exact) mass is 538 g/mol. The zero-order valence-corrected chi connectivity index (χ0v) is 22.3. The molecule has 0 saturated heterocycles. The molecule has 40 heavy (non-hydrogen) atoms. The van der Waals surface area contributed by atoms with Crippen molar-refractivity contribution in [2.45, 2.75) is 39.0 Å². The standard InChI is InChI=1S/C30H27FN6O3/c1-5-24(39)33-20-8-6-7-19(15-20)26-34-25-21(13-14-32-27(25)35-26)18-10-9-17(22(31)16-18)11-12-23(38)28-36-29(37-40-28)30(2,3)4/h5-10,13-16H,1,11-12H2,2-4H3,(H,33,39)(H,32,34,35). The Morgan fingerprint density at radius 1 is 1.10 bits per heavy atom. The summed E-state index contributed by atoms with van der Waals surface area (Å²) in [6, 6.07) is 13.9. The van der Waals surface area contributed by atoms with Crippen LogP contribution in [-0.2, 0) is 16.6 Å². The molecule has 0 atom stereocenters. The van der Waals surface area contributed by atoms with Gasteiger partial charge >= 0.3 is 0 Å². The van der Waals surface area contributed by atoms with Gasteiger partial charge in [-0.2, -0.15) is 4.98 Å². The van der Waals surface area contributed by atoms with Crippen molar-refractivity contribution in [3.8, 4) is 22.5 Å². The van der Waals surface area contributed by atoms with E-state index in [0.29, 0.717) is 39.6 Å². The van der Waals surface area contributed by atoms with Crippen LogP contribution in [0.5, 0.6) is 0 Å². The number of fused-ring (bicyclic) bond motifs is 1. The Labute approximate surface area is 229 Å². The molecule has 2 N–H and O–H groups in total. The number of H-pyrrole nitrogens is 1. The number of anilines is 1. The molecule has 1 amide bonds. The maximum Gasteiger partial charge on any atom is 0.294 e. The van der Waals surface area contributed by atoms with Gasteiger partial charge in [0.15, 0.2) is 11.5 Å². The van der Waals surface area contributed by atoms with Gasteiger partial charge in [0.1, 0.15) is 11.6 Å². The third-order valence-electron chi connectivity index (χ3n) is 6.30. The van der Waals surface area contributed by atoms with E-state index < -0.39 is 5.82 Å². The fraction of sp³-hybridized carbons (Fsp3) is 0.200. The number of amides is 1. The number of hydrogen-bond acceptors (Lipinski definition) is 7. The number of carbonyl (C=O) groups is 2. The van der Waals surface area contributed by atoms with Crippen molar-refractivity contribution in [3.63, 3.8) is 0 Å². The molecule has 0 aliphatic rings. The molecule has 0 bridgehead atoms. The number of halogens is 1. The largest absolute Gasteiger partial charge is 0.336 e. The van der Waals surface area contributed by atoms with E-state index in [2.05, 4.69) is 37.0 Å². The molecule has 202 valence electrons. The van der Waals surface area contributed by atoms with Gasteiger partial charge in [-0.25, -0.2) is 14.4 Å². The van der Waals surface area contributed by atoms with Crippen molar-refractivity contribution in [2.75, 3.05) is 5.32 Å². The SMILES string of the molecule is C=CC(=O)Nc1cccc(-c2nc3nccc(-c4ccc(CCC(=O)c5nc(C(C)(C)C)no5)c(F)c4)c3[nH]2)c1. The number of aromatic nitrogens is 5. The van der Waals surface area contributed by atoms with Crippen LogP contribution in [0, 0.1) is 5.82 Å². The second-order valence-electron chi connectivity index (χ2n) is 10.3. The smallest absolute Gasteiger partial charge is 0.294 e. The molecule has 9 nitrogen and oxygen atoms in total. The number of pyridine rings is 1. The molecular formula is C30H27FN6O3. The van der Waals surface area contributed by atoms with Crippen molar-refractivity contribution < 1.29 is 18.5 Å². The van der Waals surface area contributed by atoms with E-state index in [1.807, 2.05) is 26.8 Å². The number of benzene rings is 2. The Kier molecular flexibility index (Phi) is 7.08. The van der Waals surface area contributed by atoms with E-state index in [4.69, 9.17) is 4.52 Å². The van der Waals surface area contributed by atoms with Gasteiger partial charge in [0.2, 0.25) is 11.7 Å². The summed E-state index contributed by atoms with van der Waals surface area (Å²) in [6.45, 7) is 9.24. The minimum Gasteiger partial charge on any atom is -0.336 e. The number of nitrogens with one attached hydrogen (secondary N) is 2. The van der Waals surface area contributed by atoms with E-state index in [9.17, 15) is 9.59 Å². The average Bonchev–Trinajstić information content (AvgIpc) is 3.60. The quantitative estimate of drug-likeness (QED) is 0.182. The highest BCUT2D eigenvalue weighted by Gasteiger charge is 2.24. The molecular weight excluding hydrogens is 511 g/mol. The first-order chi connectivity index (χ1) is 19.1. The van der Waals surface area contributed by atoms with Crippen molar-refractivity contribution in [3.05, 3.63) is 90.5 Å². The highest BCUT2D eigenvalue weighted by molar-refractivity contribution is 5.99. The van der Waals surface area contributed by atoms with E-state index in [-0.39, 0.29) is 35.8 Å². The van der Waals surface area contributed by atoms with Crippen LogP contribution in [0.3, 0.4) is 0 Å². The number of rotatable bonds is 8. The molecule has 0 fully saturated rings. The maximum absolute atomic E-state index is 15.2. The van der Waals surface area contributed by atoms with Crippen molar-refractivity contribution in [1.29, 1.82) is 0 Å². The van der Waals surface area contributed by atoms with Crippen LogP contribution in [-0.4, -0.2) is 36.8 Å². The van der Waals surface area contributed by atoms with Crippen LogP contribution in [0.15, 0.2) is 71.9 Å². The minimum absolute atomic E-state index is 0.0395. The van der Waals surface area contributed by atoms with Crippen molar-refractivity contribution in [1.82, 2.24) is 25.1 Å². The fourth-order valence-corrected chi connectivity index (χ4v) is 4.14. The highest BCUT2D eigenvalue weighted by atomic mass is 19.1. The lowest BCUT2D eigenvalue weighted by atomic mass is 9.96. The van der Waals surface area contributed by atoms with Gasteiger partial charge in [-0.1, -0.05) is 56.8 Å². The number of aromatic amines is 1. The lowest BCUT2D eigenvalue weighted by molar-refractivity contribution is -0.111. The third kappa shape index (κ3) is 5.56. The van der Waals surface area contributed by atoms with Crippen LogP contribution in [0.25, 0.3) is 33.7 Å². The molecule has 0 aliphatic heterocycles. The summed E-state index contributed by atoms with van der Waals surface area (Å²) in [7, 11) is 0. The Hall–Kier alpha value is -4.99. The van der Waals surface area contributed by atoms with Crippen LogP contribution in [0.4, 0.5) is 10.1 Å².